The predicted octanol–water partition coefficient (Wildman–Crippen LogP) is 1.26. The number of aromatic nitrogens is 1. The first-order valence-electron chi connectivity index (χ1n) is 4.17. The largest absolute Gasteiger partial charge is 0.351 e. The molecule has 0 aromatic carbocycles. The van der Waals surface area contributed by atoms with Gasteiger partial charge in [-0.15, -0.1) is 0 Å². The molecule has 66 valence electrons. The van der Waals surface area contributed by atoms with E-state index in [4.69, 9.17) is 17.5 Å². The van der Waals surface area contributed by atoms with Crippen LogP contribution in [-0.2, 0) is 13.0 Å². The van der Waals surface area contributed by atoms with Crippen LogP contribution < -0.4 is 5.32 Å². The van der Waals surface area contributed by atoms with Crippen molar-refractivity contribution >= 4 is 12.2 Å². The first-order valence-corrected chi connectivity index (χ1v) is 4.58. The normalized spacial score (nSPS) is 14.7. The zero-order valence-corrected chi connectivity index (χ0v) is 7.87. The summed E-state index contributed by atoms with van der Waals surface area (Å²) in [7, 11) is 0. The van der Waals surface area contributed by atoms with Gasteiger partial charge < -0.3 is 10.3 Å². The number of hydrogen-bond acceptors (Lipinski definition) is 3. The predicted molar refractivity (Wildman–Crippen MR) is 51.8 cm³/mol. The number of pyridine rings is 1. The number of fused-ring (bicyclic) bond motifs is 1. The summed E-state index contributed by atoms with van der Waals surface area (Å²) < 4.78 is 0.751. The monoisotopic (exact) mass is 191 g/mol. The van der Waals surface area contributed by atoms with Crippen LogP contribution in [0.15, 0.2) is 6.20 Å². The van der Waals surface area contributed by atoms with E-state index in [0.29, 0.717) is 0 Å². The second-order valence-corrected chi connectivity index (χ2v) is 3.44. The number of aromatic amines is 1. The van der Waals surface area contributed by atoms with E-state index in [1.807, 2.05) is 0 Å². The van der Waals surface area contributed by atoms with Gasteiger partial charge in [-0.2, -0.15) is 5.26 Å². The lowest BCUT2D eigenvalue weighted by molar-refractivity contribution is 0.638. The van der Waals surface area contributed by atoms with Crippen molar-refractivity contribution < 1.29 is 0 Å². The molecule has 0 saturated carbocycles. The van der Waals surface area contributed by atoms with Crippen molar-refractivity contribution in [1.82, 2.24) is 10.3 Å². The van der Waals surface area contributed by atoms with E-state index in [0.717, 1.165) is 40.8 Å². The molecule has 2 rings (SSSR count). The molecular weight excluding hydrogens is 182 g/mol. The molecule has 0 atom stereocenters. The Kier molecular flexibility index (Phi) is 2.13. The number of H-pyrrole nitrogens is 1. The van der Waals surface area contributed by atoms with Crippen LogP contribution >= 0.6 is 12.2 Å². The molecule has 0 radical (unpaired) electrons. The Labute approximate surface area is 81.4 Å². The molecule has 0 spiro atoms. The van der Waals surface area contributed by atoms with Crippen molar-refractivity contribution in [2.75, 3.05) is 6.54 Å². The molecule has 0 amide bonds. The molecule has 13 heavy (non-hydrogen) atoms. The minimum absolute atomic E-state index is 0.727. The summed E-state index contributed by atoms with van der Waals surface area (Å²) in [4.78, 5) is 2.93. The number of hydrogen-bond donors (Lipinski definition) is 2. The van der Waals surface area contributed by atoms with Gasteiger partial charge in [0.1, 0.15) is 10.7 Å². The Morgan fingerprint density at radius 3 is 3.08 bits per heavy atom. The highest BCUT2D eigenvalue weighted by atomic mass is 32.1. The van der Waals surface area contributed by atoms with E-state index >= 15 is 0 Å². The average molecular weight is 191 g/mol. The van der Waals surface area contributed by atoms with E-state index in [9.17, 15) is 0 Å². The lowest BCUT2D eigenvalue weighted by Crippen LogP contribution is -2.25. The number of rotatable bonds is 0. The van der Waals surface area contributed by atoms with E-state index < -0.39 is 0 Å². The van der Waals surface area contributed by atoms with Gasteiger partial charge in [0.2, 0.25) is 0 Å². The summed E-state index contributed by atoms with van der Waals surface area (Å²) >= 11 is 5.14. The second kappa shape index (κ2) is 3.29. The molecule has 1 aliphatic rings. The summed E-state index contributed by atoms with van der Waals surface area (Å²) in [6.07, 6.45) is 2.60. The van der Waals surface area contributed by atoms with Crippen LogP contribution in [0.4, 0.5) is 0 Å². The molecule has 2 heterocycles. The summed E-state index contributed by atoms with van der Waals surface area (Å²) in [6.45, 7) is 1.71. The van der Waals surface area contributed by atoms with Crippen LogP contribution in [0.1, 0.15) is 16.7 Å². The number of nitrogens with one attached hydrogen (secondary N) is 2. The molecule has 0 saturated heterocycles. The molecule has 0 aliphatic carbocycles. The quantitative estimate of drug-likeness (QED) is 0.607. The molecule has 3 nitrogen and oxygen atoms in total. The highest BCUT2D eigenvalue weighted by Gasteiger charge is 2.13. The minimum Gasteiger partial charge on any atom is -0.351 e. The summed E-state index contributed by atoms with van der Waals surface area (Å²) in [5, 5.41) is 12.1. The van der Waals surface area contributed by atoms with Gasteiger partial charge in [-0.1, -0.05) is 12.2 Å². The SMILES string of the molecule is N#Cc1c[nH]c(=S)c2c1CCNC2. The van der Waals surface area contributed by atoms with Gasteiger partial charge in [0.15, 0.2) is 0 Å². The maximum atomic E-state index is 8.86. The standard InChI is InChI=1S/C9H9N3S/c10-3-6-4-12-9(13)8-5-11-2-1-7(6)8/h4,11H,1-2,5H2,(H,12,13). The molecule has 1 aliphatic heterocycles. The second-order valence-electron chi connectivity index (χ2n) is 3.03. The fourth-order valence-electron chi connectivity index (χ4n) is 1.61. The van der Waals surface area contributed by atoms with Crippen molar-refractivity contribution in [3.8, 4) is 6.07 Å². The van der Waals surface area contributed by atoms with Crippen molar-refractivity contribution in [1.29, 1.82) is 5.26 Å². The first kappa shape index (κ1) is 8.42. The summed E-state index contributed by atoms with van der Waals surface area (Å²) in [6, 6.07) is 2.18. The van der Waals surface area contributed by atoms with Crippen LogP contribution in [0.5, 0.6) is 0 Å². The highest BCUT2D eigenvalue weighted by molar-refractivity contribution is 7.71. The Hall–Kier alpha value is -1.18. The summed E-state index contributed by atoms with van der Waals surface area (Å²) in [5.74, 6) is 0. The molecular formula is C9H9N3S. The Morgan fingerprint density at radius 1 is 1.46 bits per heavy atom. The van der Waals surface area contributed by atoms with Crippen LogP contribution in [0.2, 0.25) is 0 Å². The van der Waals surface area contributed by atoms with Gasteiger partial charge in [0.05, 0.1) is 5.56 Å². The van der Waals surface area contributed by atoms with Crippen molar-refractivity contribution in [2.45, 2.75) is 13.0 Å². The Bertz CT molecular complexity index is 427. The molecule has 1 aromatic rings. The Morgan fingerprint density at radius 2 is 2.31 bits per heavy atom. The fourth-order valence-corrected chi connectivity index (χ4v) is 1.86. The topological polar surface area (TPSA) is 51.6 Å². The lowest BCUT2D eigenvalue weighted by atomic mass is 9.99. The smallest absolute Gasteiger partial charge is 0.108 e. The Balaban J connectivity index is 2.68. The molecule has 1 aromatic heterocycles. The molecule has 0 fully saturated rings. The number of nitrogens with zero attached hydrogens (tertiary/aromatic N) is 1. The van der Waals surface area contributed by atoms with Gasteiger partial charge in [-0.25, -0.2) is 0 Å². The van der Waals surface area contributed by atoms with Gasteiger partial charge in [-0.05, 0) is 18.5 Å². The third-order valence-corrected chi connectivity index (χ3v) is 2.65. The van der Waals surface area contributed by atoms with Gasteiger partial charge in [0, 0.05) is 18.3 Å². The molecule has 0 bridgehead atoms. The zero-order valence-electron chi connectivity index (χ0n) is 7.05. The zero-order chi connectivity index (χ0) is 9.26. The molecule has 4 heteroatoms. The fraction of sp³-hybridized carbons (Fsp3) is 0.333. The van der Waals surface area contributed by atoms with Gasteiger partial charge in [-0.3, -0.25) is 0 Å². The van der Waals surface area contributed by atoms with Crippen LogP contribution in [0.3, 0.4) is 0 Å². The van der Waals surface area contributed by atoms with E-state index in [-0.39, 0.29) is 0 Å². The average Bonchev–Trinajstić information content (AvgIpc) is 2.19. The minimum atomic E-state index is 0.727. The van der Waals surface area contributed by atoms with Crippen molar-refractivity contribution in [2.24, 2.45) is 0 Å². The third-order valence-electron chi connectivity index (χ3n) is 2.29. The first-order chi connectivity index (χ1) is 6.33. The van der Waals surface area contributed by atoms with Crippen LogP contribution in [0.25, 0.3) is 0 Å². The maximum absolute atomic E-state index is 8.86. The van der Waals surface area contributed by atoms with Crippen molar-refractivity contribution in [3.05, 3.63) is 27.5 Å². The van der Waals surface area contributed by atoms with E-state index in [1.54, 1.807) is 6.20 Å². The van der Waals surface area contributed by atoms with E-state index in [1.165, 1.54) is 0 Å². The summed E-state index contributed by atoms with van der Waals surface area (Å²) in [5.41, 5.74) is 2.93. The lowest BCUT2D eigenvalue weighted by Gasteiger charge is -2.17. The molecule has 2 N–H and O–H groups in total. The van der Waals surface area contributed by atoms with Crippen LogP contribution in [-0.4, -0.2) is 11.5 Å². The van der Waals surface area contributed by atoms with E-state index in [2.05, 4.69) is 16.4 Å². The van der Waals surface area contributed by atoms with Gasteiger partial charge >= 0.3 is 0 Å². The molecule has 0 unspecified atom stereocenters. The van der Waals surface area contributed by atoms with Crippen LogP contribution in [0, 0.1) is 16.0 Å². The van der Waals surface area contributed by atoms with Gasteiger partial charge in [0.25, 0.3) is 0 Å². The van der Waals surface area contributed by atoms with Crippen molar-refractivity contribution in [3.63, 3.8) is 0 Å². The third kappa shape index (κ3) is 1.37. The highest BCUT2D eigenvalue weighted by Crippen LogP contribution is 2.17. The number of nitriles is 1. The maximum Gasteiger partial charge on any atom is 0.108 e.